The number of allylic oxidation sites excluding steroid dienone is 2. The molecule has 2 aromatic carbocycles. The fourth-order valence-corrected chi connectivity index (χ4v) is 5.56. The van der Waals surface area contributed by atoms with Crippen LogP contribution in [0.5, 0.6) is 0 Å². The molecule has 6 nitrogen and oxygen atoms in total. The first-order valence-corrected chi connectivity index (χ1v) is 11.9. The van der Waals surface area contributed by atoms with E-state index in [1.54, 1.807) is 24.3 Å². The first kappa shape index (κ1) is 22.3. The molecule has 0 radical (unpaired) electrons. The Morgan fingerprint density at radius 2 is 1.48 bits per heavy atom. The third-order valence-corrected chi connectivity index (χ3v) is 7.82. The van der Waals surface area contributed by atoms with Crippen molar-refractivity contribution in [3.05, 3.63) is 80.3 Å². The van der Waals surface area contributed by atoms with Crippen LogP contribution in [0.3, 0.4) is 0 Å². The molecule has 2 fully saturated rings. The van der Waals surface area contributed by atoms with Crippen LogP contribution in [-0.2, 0) is 9.59 Å². The minimum Gasteiger partial charge on any atom is -0.292 e. The van der Waals surface area contributed by atoms with E-state index < -0.39 is 41.9 Å². The number of Topliss-reactive ketones (excluding diaryl/α,β-unsaturated/α-hetero) is 1. The highest BCUT2D eigenvalue weighted by Gasteiger charge is 2.61. The third-order valence-electron chi connectivity index (χ3n) is 6.55. The number of ketones is 1. The molecule has 5 rings (SSSR count). The lowest BCUT2D eigenvalue weighted by molar-refractivity contribution is -0.154. The van der Waals surface area contributed by atoms with Gasteiger partial charge >= 0.3 is 0 Å². The smallest absolute Gasteiger partial charge is 0.273 e. The Bertz CT molecular complexity index is 1200. The number of amides is 3. The second-order valence-corrected chi connectivity index (χ2v) is 10.1. The van der Waals surface area contributed by atoms with Crippen molar-refractivity contribution >= 4 is 62.6 Å². The van der Waals surface area contributed by atoms with Crippen molar-refractivity contribution < 1.29 is 19.2 Å². The van der Waals surface area contributed by atoms with Gasteiger partial charge in [0.2, 0.25) is 0 Å². The summed E-state index contributed by atoms with van der Waals surface area (Å²) in [6.07, 6.45) is 4.70. The van der Waals surface area contributed by atoms with E-state index in [9.17, 15) is 19.2 Å². The van der Waals surface area contributed by atoms with Gasteiger partial charge in [0.05, 0.1) is 21.9 Å². The number of hydrazine groups is 1. The van der Waals surface area contributed by atoms with Gasteiger partial charge in [-0.15, -0.1) is 0 Å². The summed E-state index contributed by atoms with van der Waals surface area (Å²) in [6.45, 7) is -0.472. The van der Waals surface area contributed by atoms with Crippen molar-refractivity contribution in [1.29, 1.82) is 0 Å². The summed E-state index contributed by atoms with van der Waals surface area (Å²) in [5.74, 6) is -3.02. The Morgan fingerprint density at radius 1 is 0.909 bits per heavy atom. The maximum atomic E-state index is 13.5. The van der Waals surface area contributed by atoms with E-state index in [-0.39, 0.29) is 27.4 Å². The molecular formula is C24H17BrCl2N2O4. The second kappa shape index (κ2) is 8.38. The summed E-state index contributed by atoms with van der Waals surface area (Å²) in [5.41, 5.74) is 0.470. The molecule has 33 heavy (non-hydrogen) atoms. The van der Waals surface area contributed by atoms with Gasteiger partial charge in [-0.25, -0.2) is 5.01 Å². The normalized spacial score (nSPS) is 25.0. The molecule has 2 aromatic rings. The Labute approximate surface area is 208 Å². The predicted octanol–water partition coefficient (Wildman–Crippen LogP) is 4.80. The van der Waals surface area contributed by atoms with E-state index in [0.717, 1.165) is 20.9 Å². The highest BCUT2D eigenvalue weighted by atomic mass is 79.9. The van der Waals surface area contributed by atoms with E-state index in [1.807, 2.05) is 12.2 Å². The van der Waals surface area contributed by atoms with Gasteiger partial charge in [-0.1, -0.05) is 63.4 Å². The van der Waals surface area contributed by atoms with Crippen molar-refractivity contribution in [2.75, 3.05) is 6.54 Å². The number of carbonyl (C=O) groups is 4. The van der Waals surface area contributed by atoms with Crippen molar-refractivity contribution in [2.45, 2.75) is 6.42 Å². The van der Waals surface area contributed by atoms with Gasteiger partial charge in [-0.05, 0) is 48.6 Å². The lowest BCUT2D eigenvalue weighted by Crippen LogP contribution is -2.52. The van der Waals surface area contributed by atoms with Crippen LogP contribution in [0.1, 0.15) is 27.1 Å². The van der Waals surface area contributed by atoms with Crippen molar-refractivity contribution in [2.24, 2.45) is 23.7 Å². The summed E-state index contributed by atoms with van der Waals surface area (Å²) in [6, 6.07) is 10.9. The number of imide groups is 1. The van der Waals surface area contributed by atoms with Crippen LogP contribution in [0.25, 0.3) is 0 Å². The van der Waals surface area contributed by atoms with Crippen LogP contribution >= 0.6 is 39.1 Å². The number of fused-ring (bicyclic) bond motifs is 5. The zero-order valence-electron chi connectivity index (χ0n) is 17.1. The van der Waals surface area contributed by atoms with E-state index in [4.69, 9.17) is 23.2 Å². The van der Waals surface area contributed by atoms with Crippen molar-refractivity contribution in [3.63, 3.8) is 0 Å². The predicted molar refractivity (Wildman–Crippen MR) is 126 cm³/mol. The molecule has 1 aliphatic heterocycles. The summed E-state index contributed by atoms with van der Waals surface area (Å²) in [4.78, 5) is 53.3. The monoisotopic (exact) mass is 546 g/mol. The molecule has 2 bridgehead atoms. The van der Waals surface area contributed by atoms with Crippen molar-refractivity contribution in [3.8, 4) is 0 Å². The number of nitrogens with zero attached hydrogens (tertiary/aromatic N) is 2. The van der Waals surface area contributed by atoms with Crippen LogP contribution in [0.2, 0.25) is 10.0 Å². The minimum atomic E-state index is -0.680. The van der Waals surface area contributed by atoms with E-state index in [1.165, 1.54) is 18.2 Å². The maximum Gasteiger partial charge on any atom is 0.273 e. The molecule has 168 valence electrons. The largest absolute Gasteiger partial charge is 0.292 e. The fourth-order valence-electron chi connectivity index (χ4n) is 5.00. The number of benzene rings is 2. The van der Waals surface area contributed by atoms with Crippen LogP contribution in [0.4, 0.5) is 0 Å². The summed E-state index contributed by atoms with van der Waals surface area (Å²) in [7, 11) is 0. The number of halogens is 3. The van der Waals surface area contributed by atoms with Gasteiger partial charge in [-0.2, -0.15) is 5.01 Å². The highest BCUT2D eigenvalue weighted by molar-refractivity contribution is 9.10. The van der Waals surface area contributed by atoms with E-state index in [0.29, 0.717) is 5.56 Å². The molecule has 4 atom stereocenters. The molecule has 0 N–H and O–H groups in total. The van der Waals surface area contributed by atoms with Gasteiger partial charge in [0.1, 0.15) is 6.54 Å². The number of hydrogen-bond acceptors (Lipinski definition) is 4. The number of rotatable bonds is 5. The lowest BCUT2D eigenvalue weighted by Gasteiger charge is -2.31. The highest BCUT2D eigenvalue weighted by Crippen LogP contribution is 2.52. The molecular weight excluding hydrogens is 531 g/mol. The van der Waals surface area contributed by atoms with Gasteiger partial charge in [0, 0.05) is 15.6 Å². The van der Waals surface area contributed by atoms with Gasteiger partial charge in [0.25, 0.3) is 17.7 Å². The van der Waals surface area contributed by atoms with Crippen LogP contribution in [0, 0.1) is 23.7 Å². The number of carbonyl (C=O) groups excluding carboxylic acids is 4. The van der Waals surface area contributed by atoms with Crippen LogP contribution < -0.4 is 0 Å². The molecule has 1 saturated heterocycles. The Kier molecular flexibility index (Phi) is 5.67. The average Bonchev–Trinajstić information content (AvgIpc) is 3.48. The average molecular weight is 548 g/mol. The molecule has 9 heteroatoms. The Balaban J connectivity index is 1.51. The molecule has 1 heterocycles. The standard InChI is InChI=1S/C24H17BrCl2N2O4/c25-16-6-3-12(4-7-16)19(30)11-28(22(31)15-5-8-17(26)18(27)10-15)29-23(32)20-13-1-2-14(9-13)21(20)24(29)33/h1-8,10,13-14,20-21H,9,11H2/t13-,14-,20+,21+/m0/s1. The maximum absolute atomic E-state index is 13.5. The summed E-state index contributed by atoms with van der Waals surface area (Å²) < 4.78 is 0.795. The molecule has 3 aliphatic rings. The quantitative estimate of drug-likeness (QED) is 0.306. The summed E-state index contributed by atoms with van der Waals surface area (Å²) in [5, 5.41) is 2.24. The topological polar surface area (TPSA) is 74.8 Å². The van der Waals surface area contributed by atoms with Gasteiger partial charge in [0.15, 0.2) is 5.78 Å². The number of hydrogen-bond donors (Lipinski definition) is 0. The van der Waals surface area contributed by atoms with E-state index in [2.05, 4.69) is 15.9 Å². The Hall–Kier alpha value is -2.48. The molecule has 0 aromatic heterocycles. The van der Waals surface area contributed by atoms with E-state index >= 15 is 0 Å². The minimum absolute atomic E-state index is 0.0226. The van der Waals surface area contributed by atoms with Gasteiger partial charge < -0.3 is 0 Å². The summed E-state index contributed by atoms with van der Waals surface area (Å²) >= 11 is 15.4. The molecule has 1 saturated carbocycles. The molecule has 0 spiro atoms. The second-order valence-electron chi connectivity index (χ2n) is 8.41. The third kappa shape index (κ3) is 3.72. The zero-order valence-corrected chi connectivity index (χ0v) is 20.2. The molecule has 3 amide bonds. The SMILES string of the molecule is O=C(CN(C(=O)c1ccc(Cl)c(Cl)c1)N1C(=O)[C@H]2[C@H](C1=O)[C@H]1C=C[C@H]2C1)c1ccc(Br)cc1. The van der Waals surface area contributed by atoms with Crippen LogP contribution in [0.15, 0.2) is 59.1 Å². The van der Waals surface area contributed by atoms with Gasteiger partial charge in [-0.3, -0.25) is 19.2 Å². The first-order chi connectivity index (χ1) is 15.8. The lowest BCUT2D eigenvalue weighted by atomic mass is 9.85. The molecule has 2 aliphatic carbocycles. The molecule has 0 unspecified atom stereocenters. The fraction of sp³-hybridized carbons (Fsp3) is 0.250. The van der Waals surface area contributed by atoms with Crippen molar-refractivity contribution in [1.82, 2.24) is 10.0 Å². The Morgan fingerprint density at radius 3 is 2.06 bits per heavy atom. The zero-order chi connectivity index (χ0) is 23.4. The first-order valence-electron chi connectivity index (χ1n) is 10.4. The van der Waals surface area contributed by atoms with Crippen LogP contribution in [-0.4, -0.2) is 40.1 Å².